The molecular formula is C26H25NO5. The Bertz CT molecular complexity index is 1100. The van der Waals surface area contributed by atoms with Gasteiger partial charge in [-0.05, 0) is 41.5 Å². The van der Waals surface area contributed by atoms with E-state index in [0.29, 0.717) is 40.7 Å². The summed E-state index contributed by atoms with van der Waals surface area (Å²) in [4.78, 5) is 13.0. The Kier molecular flexibility index (Phi) is 7.71. The highest BCUT2D eigenvalue weighted by molar-refractivity contribution is 5.97. The Hall–Kier alpha value is -3.98. The average molecular weight is 431 g/mol. The molecule has 0 heterocycles. The van der Waals surface area contributed by atoms with Gasteiger partial charge in [-0.2, -0.15) is 5.26 Å². The third kappa shape index (κ3) is 5.38. The standard InChI is InChI=1S/C26H25NO5/c1-29-23-11-9-19(14-25(23)31-3)21(16-27)13-22(28)20-10-12-24(30-2)26(15-20)32-17-18-7-5-4-6-8-18/h4-12,14-15,21H,13,17H2,1-3H3. The van der Waals surface area contributed by atoms with Crippen LogP contribution in [0.1, 0.15) is 33.8 Å². The van der Waals surface area contributed by atoms with Gasteiger partial charge in [-0.3, -0.25) is 4.79 Å². The van der Waals surface area contributed by atoms with Crippen molar-refractivity contribution in [2.45, 2.75) is 18.9 Å². The van der Waals surface area contributed by atoms with Gasteiger partial charge in [0.25, 0.3) is 0 Å². The molecule has 0 bridgehead atoms. The van der Waals surface area contributed by atoms with Gasteiger partial charge in [0.2, 0.25) is 0 Å². The van der Waals surface area contributed by atoms with Crippen LogP contribution >= 0.6 is 0 Å². The molecule has 6 nitrogen and oxygen atoms in total. The van der Waals surface area contributed by atoms with Gasteiger partial charge in [-0.25, -0.2) is 0 Å². The Morgan fingerprint density at radius 2 is 1.50 bits per heavy atom. The van der Waals surface area contributed by atoms with Gasteiger partial charge in [0.1, 0.15) is 6.61 Å². The number of methoxy groups -OCH3 is 3. The molecule has 0 aliphatic heterocycles. The van der Waals surface area contributed by atoms with Gasteiger partial charge in [-0.15, -0.1) is 0 Å². The van der Waals surface area contributed by atoms with Crippen LogP contribution in [0.4, 0.5) is 0 Å². The Labute approximate surface area is 187 Å². The van der Waals surface area contributed by atoms with Crippen molar-refractivity contribution in [3.63, 3.8) is 0 Å². The van der Waals surface area contributed by atoms with Crippen molar-refractivity contribution in [1.82, 2.24) is 0 Å². The van der Waals surface area contributed by atoms with E-state index >= 15 is 0 Å². The molecule has 0 spiro atoms. The van der Waals surface area contributed by atoms with Crippen LogP contribution in [-0.2, 0) is 6.61 Å². The molecule has 0 fully saturated rings. The van der Waals surface area contributed by atoms with Crippen molar-refractivity contribution in [2.75, 3.05) is 21.3 Å². The lowest BCUT2D eigenvalue weighted by atomic mass is 9.92. The topological polar surface area (TPSA) is 77.8 Å². The lowest BCUT2D eigenvalue weighted by Gasteiger charge is -2.14. The van der Waals surface area contributed by atoms with Crippen LogP contribution in [0.3, 0.4) is 0 Å². The van der Waals surface area contributed by atoms with Crippen LogP contribution in [0.5, 0.6) is 23.0 Å². The smallest absolute Gasteiger partial charge is 0.164 e. The summed E-state index contributed by atoms with van der Waals surface area (Å²) in [5, 5.41) is 9.69. The fourth-order valence-electron chi connectivity index (χ4n) is 3.31. The molecule has 0 amide bonds. The highest BCUT2D eigenvalue weighted by atomic mass is 16.5. The van der Waals surface area contributed by atoms with E-state index in [-0.39, 0.29) is 12.2 Å². The Balaban J connectivity index is 1.78. The first-order valence-corrected chi connectivity index (χ1v) is 10.1. The quantitative estimate of drug-likeness (QED) is 0.412. The molecule has 0 saturated heterocycles. The molecule has 1 unspecified atom stereocenters. The summed E-state index contributed by atoms with van der Waals surface area (Å²) in [6.07, 6.45) is 0.0242. The third-order valence-electron chi connectivity index (χ3n) is 5.08. The predicted molar refractivity (Wildman–Crippen MR) is 121 cm³/mol. The number of rotatable bonds is 10. The number of benzene rings is 3. The lowest BCUT2D eigenvalue weighted by molar-refractivity contribution is 0.0978. The molecule has 0 aliphatic rings. The molecule has 0 radical (unpaired) electrons. The minimum absolute atomic E-state index is 0.0242. The number of carbonyl (C=O) groups is 1. The van der Waals surface area contributed by atoms with Gasteiger partial charge >= 0.3 is 0 Å². The maximum absolute atomic E-state index is 13.0. The van der Waals surface area contributed by atoms with Gasteiger partial charge in [0.15, 0.2) is 28.8 Å². The van der Waals surface area contributed by atoms with Crippen molar-refractivity contribution in [1.29, 1.82) is 5.26 Å². The Morgan fingerprint density at radius 1 is 0.844 bits per heavy atom. The number of ether oxygens (including phenoxy) is 4. The number of ketones is 1. The zero-order valence-electron chi connectivity index (χ0n) is 18.3. The van der Waals surface area contributed by atoms with Crippen molar-refractivity contribution < 1.29 is 23.7 Å². The van der Waals surface area contributed by atoms with Crippen molar-refractivity contribution in [2.24, 2.45) is 0 Å². The van der Waals surface area contributed by atoms with Gasteiger partial charge < -0.3 is 18.9 Å². The maximum Gasteiger partial charge on any atom is 0.164 e. The highest BCUT2D eigenvalue weighted by Gasteiger charge is 2.20. The molecule has 0 saturated carbocycles. The number of nitriles is 1. The second kappa shape index (κ2) is 10.9. The van der Waals surface area contributed by atoms with Crippen LogP contribution in [0.15, 0.2) is 66.7 Å². The van der Waals surface area contributed by atoms with Gasteiger partial charge in [0.05, 0.1) is 33.3 Å². The zero-order valence-corrected chi connectivity index (χ0v) is 18.3. The van der Waals surface area contributed by atoms with E-state index in [1.807, 2.05) is 30.3 Å². The third-order valence-corrected chi connectivity index (χ3v) is 5.08. The normalized spacial score (nSPS) is 11.2. The summed E-state index contributed by atoms with van der Waals surface area (Å²) in [5.41, 5.74) is 2.14. The second-order valence-electron chi connectivity index (χ2n) is 7.06. The zero-order chi connectivity index (χ0) is 22.9. The van der Waals surface area contributed by atoms with Crippen molar-refractivity contribution in [3.8, 4) is 29.1 Å². The van der Waals surface area contributed by atoms with E-state index in [0.717, 1.165) is 5.56 Å². The number of hydrogen-bond acceptors (Lipinski definition) is 6. The first kappa shape index (κ1) is 22.7. The van der Waals surface area contributed by atoms with Crippen LogP contribution in [-0.4, -0.2) is 27.1 Å². The van der Waals surface area contributed by atoms with Crippen LogP contribution < -0.4 is 18.9 Å². The molecule has 0 aliphatic carbocycles. The molecule has 0 N–H and O–H groups in total. The molecule has 3 rings (SSSR count). The van der Waals surface area contributed by atoms with Crippen molar-refractivity contribution >= 4 is 5.78 Å². The van der Waals surface area contributed by atoms with Gasteiger partial charge in [0, 0.05) is 12.0 Å². The highest BCUT2D eigenvalue weighted by Crippen LogP contribution is 2.33. The summed E-state index contributed by atoms with van der Waals surface area (Å²) in [7, 11) is 4.63. The van der Waals surface area contributed by atoms with Gasteiger partial charge in [-0.1, -0.05) is 36.4 Å². The predicted octanol–water partition coefficient (Wildman–Crippen LogP) is 5.17. The van der Waals surface area contributed by atoms with E-state index in [4.69, 9.17) is 18.9 Å². The number of hydrogen-bond donors (Lipinski definition) is 0. The number of Topliss-reactive ketones (excluding diaryl/α,β-unsaturated/α-hetero) is 1. The summed E-state index contributed by atoms with van der Waals surface area (Å²) < 4.78 is 21.8. The van der Waals surface area contributed by atoms with E-state index < -0.39 is 5.92 Å². The fourth-order valence-corrected chi connectivity index (χ4v) is 3.31. The summed E-state index contributed by atoms with van der Waals surface area (Å²) in [5.74, 6) is 1.29. The molecule has 32 heavy (non-hydrogen) atoms. The van der Waals surface area contributed by atoms with Crippen LogP contribution in [0, 0.1) is 11.3 Å². The molecule has 164 valence electrons. The minimum atomic E-state index is -0.627. The SMILES string of the molecule is COc1ccc(C(C#N)CC(=O)c2ccc(OC)c(OCc3ccccc3)c2)cc1OC. The molecule has 6 heteroatoms. The van der Waals surface area contributed by atoms with E-state index in [1.54, 1.807) is 50.6 Å². The van der Waals surface area contributed by atoms with Crippen LogP contribution in [0.2, 0.25) is 0 Å². The fraction of sp³-hybridized carbons (Fsp3) is 0.231. The first-order chi connectivity index (χ1) is 15.6. The molecule has 0 aromatic heterocycles. The van der Waals surface area contributed by atoms with E-state index in [9.17, 15) is 10.1 Å². The monoisotopic (exact) mass is 431 g/mol. The van der Waals surface area contributed by atoms with E-state index in [2.05, 4.69) is 6.07 Å². The van der Waals surface area contributed by atoms with Crippen molar-refractivity contribution in [3.05, 3.63) is 83.4 Å². The Morgan fingerprint density at radius 3 is 2.16 bits per heavy atom. The molecule has 3 aromatic carbocycles. The van der Waals surface area contributed by atoms with E-state index in [1.165, 1.54) is 7.11 Å². The maximum atomic E-state index is 13.0. The molecule has 3 aromatic rings. The second-order valence-corrected chi connectivity index (χ2v) is 7.06. The average Bonchev–Trinajstić information content (AvgIpc) is 2.85. The summed E-state index contributed by atoms with van der Waals surface area (Å²) in [6, 6.07) is 22.2. The number of nitrogens with zero attached hydrogens (tertiary/aromatic N) is 1. The van der Waals surface area contributed by atoms with Crippen LogP contribution in [0.25, 0.3) is 0 Å². The largest absolute Gasteiger partial charge is 0.493 e. The lowest BCUT2D eigenvalue weighted by Crippen LogP contribution is -2.08. The molecular weight excluding hydrogens is 406 g/mol. The summed E-state index contributed by atoms with van der Waals surface area (Å²) >= 11 is 0. The first-order valence-electron chi connectivity index (χ1n) is 10.1. The minimum Gasteiger partial charge on any atom is -0.493 e. The molecule has 1 atom stereocenters. The summed E-state index contributed by atoms with van der Waals surface area (Å²) in [6.45, 7) is 0.349. The number of carbonyl (C=O) groups excluding carboxylic acids is 1.